The average molecular weight is 1020 g/mol. The van der Waals surface area contributed by atoms with Crippen LogP contribution in [0.3, 0.4) is 0 Å². The summed E-state index contributed by atoms with van der Waals surface area (Å²) in [6.45, 7) is 14.8. The van der Waals surface area contributed by atoms with Gasteiger partial charge in [0.2, 0.25) is 0 Å². The number of nitrogens with one attached hydrogen (secondary N) is 4. The van der Waals surface area contributed by atoms with Gasteiger partial charge < -0.3 is 49.2 Å². The number of nitrogens with zero attached hydrogens (tertiary/aromatic N) is 6. The van der Waals surface area contributed by atoms with Gasteiger partial charge in [0.15, 0.2) is 0 Å². The number of pyridine rings is 4. The number of halogens is 1. The summed E-state index contributed by atoms with van der Waals surface area (Å²) in [7, 11) is -0.346. The van der Waals surface area contributed by atoms with Crippen LogP contribution in [0.15, 0.2) is 61.2 Å². The highest BCUT2D eigenvalue weighted by molar-refractivity contribution is 6.62. The first kappa shape index (κ1) is 47.6. The molecule has 3 saturated heterocycles. The molecule has 5 fully saturated rings. The second kappa shape index (κ2) is 18.0. The Morgan fingerprint density at radius 1 is 0.595 bits per heavy atom. The molecule has 9 aliphatic rings. The summed E-state index contributed by atoms with van der Waals surface area (Å²) >= 11 is 6.05. The molecule has 382 valence electrons. The number of amides is 2. The minimum atomic E-state index is -0.346. The molecule has 6 aromatic rings. The third kappa shape index (κ3) is 8.67. The van der Waals surface area contributed by atoms with Crippen LogP contribution in [0.25, 0.3) is 33.8 Å². The SMILES string of the molecule is CC1(C)OB(c2ccc(N3CCOCC3)nc2)OC1(C)C.O=C1NC2(CC2)Cc2[nH]c3c(c21)CCc1cnc(-c2ccc(N4CCOCC4)nc2)cc1-3.O=C1NC2(CC2)Cc2[nH]c3c(c21)CCc1cnc(Cl)cc1-3. The van der Waals surface area contributed by atoms with E-state index < -0.39 is 0 Å². The first-order valence-corrected chi connectivity index (χ1v) is 26.8. The zero-order valence-corrected chi connectivity index (χ0v) is 43.3. The van der Waals surface area contributed by atoms with Crippen LogP contribution < -0.4 is 25.9 Å². The number of fused-ring (bicyclic) bond motifs is 10. The summed E-state index contributed by atoms with van der Waals surface area (Å²) in [5, 5.41) is 6.96. The molecular weight excluding hydrogens is 955 g/mol. The highest BCUT2D eigenvalue weighted by Gasteiger charge is 2.53. The number of H-pyrrole nitrogens is 2. The third-order valence-electron chi connectivity index (χ3n) is 17.1. The van der Waals surface area contributed by atoms with Gasteiger partial charge in [-0.1, -0.05) is 17.7 Å². The van der Waals surface area contributed by atoms with E-state index >= 15 is 0 Å². The fourth-order valence-corrected chi connectivity index (χ4v) is 11.9. The summed E-state index contributed by atoms with van der Waals surface area (Å²) in [5.74, 6) is 2.16. The Morgan fingerprint density at radius 2 is 1.09 bits per heavy atom. The third-order valence-corrected chi connectivity index (χ3v) is 17.3. The van der Waals surface area contributed by atoms with E-state index in [0.29, 0.717) is 5.15 Å². The molecule has 0 unspecified atom stereocenters. The Hall–Kier alpha value is -6.11. The van der Waals surface area contributed by atoms with Crippen molar-refractivity contribution in [2.45, 2.75) is 114 Å². The summed E-state index contributed by atoms with van der Waals surface area (Å²) in [5.41, 5.74) is 15.4. The molecule has 15 rings (SSSR count). The van der Waals surface area contributed by atoms with Crippen molar-refractivity contribution >= 4 is 47.6 Å². The van der Waals surface area contributed by atoms with E-state index in [2.05, 4.69) is 86.3 Å². The summed E-state index contributed by atoms with van der Waals surface area (Å²) in [6.07, 6.45) is 17.4. The zero-order valence-electron chi connectivity index (χ0n) is 42.6. The van der Waals surface area contributed by atoms with Crippen molar-refractivity contribution in [1.29, 1.82) is 0 Å². The number of carbonyl (C=O) groups excluding carboxylic acids is 2. The highest BCUT2D eigenvalue weighted by Crippen LogP contribution is 2.47. The number of carbonyl (C=O) groups is 2. The summed E-state index contributed by atoms with van der Waals surface area (Å²) in [6, 6.07) is 12.3. The van der Waals surface area contributed by atoms with Crippen molar-refractivity contribution in [2.24, 2.45) is 0 Å². The van der Waals surface area contributed by atoms with Crippen LogP contribution in [0.4, 0.5) is 11.6 Å². The van der Waals surface area contributed by atoms with Crippen molar-refractivity contribution < 1.29 is 28.4 Å². The predicted octanol–water partition coefficient (Wildman–Crippen LogP) is 6.76. The van der Waals surface area contributed by atoms with Crippen LogP contribution in [0.1, 0.15) is 108 Å². The fraction of sp³-hybridized carbons (Fsp3) is 0.464. The molecular formula is C56H62BClN10O6. The second-order valence-electron chi connectivity index (χ2n) is 22.5. The second-order valence-corrected chi connectivity index (χ2v) is 22.9. The number of hydrogen-bond acceptors (Lipinski definition) is 12. The first-order chi connectivity index (χ1) is 35.7. The van der Waals surface area contributed by atoms with E-state index in [-0.39, 0.29) is 41.2 Å². The lowest BCUT2D eigenvalue weighted by Gasteiger charge is -2.32. The maximum atomic E-state index is 12.9. The van der Waals surface area contributed by atoms with Gasteiger partial charge in [0, 0.05) is 108 Å². The topological polar surface area (TPSA) is 185 Å². The van der Waals surface area contributed by atoms with Gasteiger partial charge in [0.05, 0.1) is 65.8 Å². The Labute approximate surface area is 436 Å². The number of morpholine rings is 2. The maximum Gasteiger partial charge on any atom is 0.496 e. The Bertz CT molecular complexity index is 3170. The average Bonchev–Trinajstić information content (AvgIpc) is 4.22. The molecule has 18 heteroatoms. The molecule has 0 radical (unpaired) electrons. The van der Waals surface area contributed by atoms with Gasteiger partial charge in [-0.15, -0.1) is 0 Å². The number of ether oxygens (including phenoxy) is 2. The molecule has 0 bridgehead atoms. The van der Waals surface area contributed by atoms with Crippen LogP contribution in [-0.4, -0.2) is 124 Å². The molecule has 2 saturated carbocycles. The van der Waals surface area contributed by atoms with Crippen LogP contribution in [0, 0.1) is 0 Å². The van der Waals surface area contributed by atoms with E-state index in [9.17, 15) is 9.59 Å². The van der Waals surface area contributed by atoms with Crippen molar-refractivity contribution in [3.8, 4) is 33.8 Å². The predicted molar refractivity (Wildman–Crippen MR) is 283 cm³/mol. The molecule has 16 nitrogen and oxygen atoms in total. The van der Waals surface area contributed by atoms with Crippen molar-refractivity contribution in [3.63, 3.8) is 0 Å². The van der Waals surface area contributed by atoms with Gasteiger partial charge in [-0.2, -0.15) is 0 Å². The number of hydrogen-bond donors (Lipinski definition) is 4. The number of aryl methyl sites for hydroxylation is 2. The van der Waals surface area contributed by atoms with Crippen LogP contribution in [-0.2, 0) is 57.3 Å². The molecule has 4 aliphatic carbocycles. The van der Waals surface area contributed by atoms with Gasteiger partial charge in [-0.3, -0.25) is 14.6 Å². The van der Waals surface area contributed by atoms with E-state index in [1.807, 2.05) is 43.0 Å². The van der Waals surface area contributed by atoms with Crippen molar-refractivity contribution in [2.75, 3.05) is 62.4 Å². The molecule has 74 heavy (non-hydrogen) atoms. The first-order valence-electron chi connectivity index (χ1n) is 26.4. The maximum absolute atomic E-state index is 12.9. The largest absolute Gasteiger partial charge is 0.496 e. The fourth-order valence-electron chi connectivity index (χ4n) is 11.7. The lowest BCUT2D eigenvalue weighted by Crippen LogP contribution is -2.43. The Morgan fingerprint density at radius 3 is 1.58 bits per heavy atom. The molecule has 11 heterocycles. The zero-order chi connectivity index (χ0) is 50.6. The highest BCUT2D eigenvalue weighted by atomic mass is 35.5. The summed E-state index contributed by atoms with van der Waals surface area (Å²) in [4.78, 5) is 55.2. The molecule has 4 N–H and O–H groups in total. The van der Waals surface area contributed by atoms with Crippen molar-refractivity contribution in [1.82, 2.24) is 40.5 Å². The van der Waals surface area contributed by atoms with Crippen LogP contribution in [0.5, 0.6) is 0 Å². The van der Waals surface area contributed by atoms with Gasteiger partial charge in [0.25, 0.3) is 11.8 Å². The van der Waals surface area contributed by atoms with Gasteiger partial charge in [0.1, 0.15) is 16.8 Å². The van der Waals surface area contributed by atoms with Gasteiger partial charge in [-0.05, 0) is 132 Å². The minimum Gasteiger partial charge on any atom is -0.399 e. The van der Waals surface area contributed by atoms with E-state index in [0.717, 1.165) is 190 Å². The number of aromatic nitrogens is 6. The number of anilines is 2. The summed E-state index contributed by atoms with van der Waals surface area (Å²) < 4.78 is 22.9. The molecule has 0 atom stereocenters. The molecule has 6 aromatic heterocycles. The lowest BCUT2D eigenvalue weighted by atomic mass is 9.80. The van der Waals surface area contributed by atoms with Crippen LogP contribution >= 0.6 is 11.6 Å². The minimum absolute atomic E-state index is 0.0116. The smallest absolute Gasteiger partial charge is 0.399 e. The van der Waals surface area contributed by atoms with Crippen molar-refractivity contribution in [3.05, 3.63) is 111 Å². The molecule has 0 aromatic carbocycles. The Kier molecular flexibility index (Phi) is 11.6. The molecule has 2 amide bonds. The normalized spacial score (nSPS) is 21.6. The van der Waals surface area contributed by atoms with E-state index in [1.165, 1.54) is 22.3 Å². The lowest BCUT2D eigenvalue weighted by molar-refractivity contribution is 0.00578. The number of rotatable bonds is 4. The van der Waals surface area contributed by atoms with E-state index in [4.69, 9.17) is 40.4 Å². The molecule has 5 aliphatic heterocycles. The van der Waals surface area contributed by atoms with Gasteiger partial charge >= 0.3 is 7.12 Å². The standard InChI is InChI=1S/C25H25N5O2.C16H14ClN3O.C15H23BN2O3/c31-24-22-17-3-1-15-13-26-19(16-2-4-21(27-14-16)30-7-9-32-10-8-30)11-18(15)23(17)28-20(22)12-25(29-24)5-6-25;17-12-5-10-8(7-18-12)1-2-9-13-11(19-14(9)10)6-16(3-4-16)20-15(13)21;1-14(2)15(3,4)21-16(20-14)12-5-6-13(17-11-12)18-7-9-19-10-8-18/h2,4,11,13-14,28H,1,3,5-10,12H2,(H,29,31);5,7,19H,1-4,6H2,(H,20,21);5-6,11H,7-10H2,1-4H3. The monoisotopic (exact) mass is 1020 g/mol. The van der Waals surface area contributed by atoms with Crippen LogP contribution in [0.2, 0.25) is 5.15 Å². The quantitative estimate of drug-likeness (QED) is 0.108. The van der Waals surface area contributed by atoms with Gasteiger partial charge in [-0.25, -0.2) is 15.0 Å². The van der Waals surface area contributed by atoms with E-state index in [1.54, 1.807) is 0 Å². The Balaban J connectivity index is 0.000000111. The number of aromatic amines is 2. The molecule has 2 spiro atoms.